The van der Waals surface area contributed by atoms with E-state index >= 15 is 0 Å². The summed E-state index contributed by atoms with van der Waals surface area (Å²) in [6.07, 6.45) is 4.00. The molecule has 0 saturated heterocycles. The summed E-state index contributed by atoms with van der Waals surface area (Å²) in [5.74, 6) is -0.0348. The van der Waals surface area contributed by atoms with E-state index in [1.54, 1.807) is 18.0 Å². The number of para-hydroxylation sites is 1. The van der Waals surface area contributed by atoms with E-state index in [1.807, 2.05) is 43.5 Å². The molecule has 0 saturated carbocycles. The number of carbonyl (C=O) groups is 1. The first-order valence-electron chi connectivity index (χ1n) is 7.49. The first-order chi connectivity index (χ1) is 11.1. The van der Waals surface area contributed by atoms with Gasteiger partial charge in [0.05, 0.1) is 18.4 Å². The number of nitrogens with one attached hydrogen (secondary N) is 1. The maximum Gasteiger partial charge on any atom is 0.228 e. The Morgan fingerprint density at radius 1 is 1.17 bits per heavy atom. The van der Waals surface area contributed by atoms with Crippen LogP contribution in [-0.2, 0) is 11.2 Å². The topological polar surface area (TPSA) is 42.2 Å². The lowest BCUT2D eigenvalue weighted by Crippen LogP contribution is -2.14. The van der Waals surface area contributed by atoms with Crippen molar-refractivity contribution in [3.8, 4) is 0 Å². The lowest BCUT2D eigenvalue weighted by atomic mass is 10.0. The summed E-state index contributed by atoms with van der Waals surface area (Å²) in [5, 5.41) is 4.00. The fourth-order valence-corrected chi connectivity index (χ4v) is 3.19. The van der Waals surface area contributed by atoms with E-state index in [1.165, 1.54) is 5.56 Å². The third kappa shape index (κ3) is 3.13. The fourth-order valence-electron chi connectivity index (χ4n) is 2.64. The molecule has 0 aliphatic rings. The quantitative estimate of drug-likeness (QED) is 0.690. The zero-order valence-corrected chi connectivity index (χ0v) is 14.3. The van der Waals surface area contributed by atoms with Crippen LogP contribution in [0.4, 0.5) is 5.69 Å². The molecule has 0 bridgehead atoms. The summed E-state index contributed by atoms with van der Waals surface area (Å²) < 4.78 is 5.67. The van der Waals surface area contributed by atoms with Crippen LogP contribution < -0.4 is 5.32 Å². The van der Waals surface area contributed by atoms with Crippen LogP contribution in [-0.4, -0.2) is 12.2 Å². The second kappa shape index (κ2) is 6.50. The Hall–Kier alpha value is -2.20. The second-order valence-electron chi connectivity index (χ2n) is 5.57. The number of hydrogen-bond acceptors (Lipinski definition) is 3. The molecule has 1 heterocycles. The molecule has 4 heteroatoms. The molecule has 0 aliphatic carbocycles. The predicted octanol–water partition coefficient (Wildman–Crippen LogP) is 4.95. The van der Waals surface area contributed by atoms with Gasteiger partial charge in [-0.1, -0.05) is 24.3 Å². The lowest BCUT2D eigenvalue weighted by molar-refractivity contribution is -0.115. The van der Waals surface area contributed by atoms with Crippen molar-refractivity contribution in [2.75, 3.05) is 11.6 Å². The van der Waals surface area contributed by atoms with Gasteiger partial charge in [-0.3, -0.25) is 4.79 Å². The molecule has 118 valence electrons. The van der Waals surface area contributed by atoms with Gasteiger partial charge in [-0.15, -0.1) is 11.8 Å². The molecule has 1 amide bonds. The Kier molecular flexibility index (Phi) is 4.44. The largest absolute Gasteiger partial charge is 0.464 e. The van der Waals surface area contributed by atoms with Gasteiger partial charge in [0, 0.05) is 15.8 Å². The van der Waals surface area contributed by atoms with Crippen molar-refractivity contribution >= 4 is 34.3 Å². The molecule has 23 heavy (non-hydrogen) atoms. The molecular weight excluding hydrogens is 306 g/mol. The van der Waals surface area contributed by atoms with Crippen LogP contribution in [0, 0.1) is 13.8 Å². The number of carbonyl (C=O) groups excluding carboxylic acids is 1. The average Bonchev–Trinajstić information content (AvgIpc) is 2.95. The molecule has 0 spiro atoms. The summed E-state index contributed by atoms with van der Waals surface area (Å²) in [6.45, 7) is 4.10. The van der Waals surface area contributed by atoms with Gasteiger partial charge < -0.3 is 9.73 Å². The third-order valence-electron chi connectivity index (χ3n) is 4.07. The standard InChI is InChI=1S/C19H19NO2S/c1-12-8-9-15-14(11-22-19(15)13(12)2)10-18(21)20-16-6-4-5-7-17(16)23-3/h4-9,11H,10H2,1-3H3,(H,20,21). The molecule has 3 aromatic rings. The van der Waals surface area contributed by atoms with Crippen molar-refractivity contribution in [1.82, 2.24) is 0 Å². The van der Waals surface area contributed by atoms with E-state index in [-0.39, 0.29) is 5.91 Å². The van der Waals surface area contributed by atoms with Crippen LogP contribution >= 0.6 is 11.8 Å². The number of hydrogen-bond donors (Lipinski definition) is 1. The zero-order valence-electron chi connectivity index (χ0n) is 13.5. The summed E-state index contributed by atoms with van der Waals surface area (Å²) in [4.78, 5) is 13.4. The lowest BCUT2D eigenvalue weighted by Gasteiger charge is -2.08. The van der Waals surface area contributed by atoms with Crippen molar-refractivity contribution in [2.45, 2.75) is 25.2 Å². The summed E-state index contributed by atoms with van der Waals surface area (Å²) in [6, 6.07) is 11.9. The predicted molar refractivity (Wildman–Crippen MR) is 96.2 cm³/mol. The highest BCUT2D eigenvalue weighted by molar-refractivity contribution is 7.98. The SMILES string of the molecule is CSc1ccccc1NC(=O)Cc1coc2c(C)c(C)ccc12. The Bertz CT molecular complexity index is 867. The Morgan fingerprint density at radius 3 is 2.74 bits per heavy atom. The molecule has 1 N–H and O–H groups in total. The number of rotatable bonds is 4. The fraction of sp³-hybridized carbons (Fsp3) is 0.211. The van der Waals surface area contributed by atoms with Gasteiger partial charge in [0.25, 0.3) is 0 Å². The number of furan rings is 1. The first-order valence-corrected chi connectivity index (χ1v) is 8.71. The number of benzene rings is 2. The molecular formula is C19H19NO2S. The van der Waals surface area contributed by atoms with Crippen LogP contribution in [0.15, 0.2) is 52.0 Å². The van der Waals surface area contributed by atoms with Gasteiger partial charge in [-0.2, -0.15) is 0 Å². The third-order valence-corrected chi connectivity index (χ3v) is 4.87. The molecule has 2 aromatic carbocycles. The van der Waals surface area contributed by atoms with Crippen LogP contribution in [0.5, 0.6) is 0 Å². The van der Waals surface area contributed by atoms with Crippen LogP contribution in [0.25, 0.3) is 11.0 Å². The minimum absolute atomic E-state index is 0.0348. The van der Waals surface area contributed by atoms with Crippen LogP contribution in [0.3, 0.4) is 0 Å². The summed E-state index contributed by atoms with van der Waals surface area (Å²) in [7, 11) is 0. The molecule has 0 atom stereocenters. The molecule has 0 radical (unpaired) electrons. The number of fused-ring (bicyclic) bond motifs is 1. The van der Waals surface area contributed by atoms with E-state index < -0.39 is 0 Å². The molecule has 1 aromatic heterocycles. The molecule has 0 unspecified atom stereocenters. The first kappa shape index (κ1) is 15.7. The van der Waals surface area contributed by atoms with Crippen molar-refractivity contribution in [3.63, 3.8) is 0 Å². The summed E-state index contributed by atoms with van der Waals surface area (Å²) >= 11 is 1.62. The highest BCUT2D eigenvalue weighted by atomic mass is 32.2. The van der Waals surface area contributed by atoms with E-state index in [0.717, 1.165) is 32.7 Å². The highest BCUT2D eigenvalue weighted by Crippen LogP contribution is 2.28. The number of amides is 1. The maximum absolute atomic E-state index is 12.4. The number of anilines is 1. The molecule has 0 fully saturated rings. The second-order valence-corrected chi connectivity index (χ2v) is 6.42. The zero-order chi connectivity index (χ0) is 16.4. The minimum Gasteiger partial charge on any atom is -0.464 e. The Labute approximate surface area is 140 Å². The van der Waals surface area contributed by atoms with E-state index in [9.17, 15) is 4.79 Å². The monoisotopic (exact) mass is 325 g/mol. The van der Waals surface area contributed by atoms with Gasteiger partial charge in [0.15, 0.2) is 0 Å². The molecule has 3 nitrogen and oxygen atoms in total. The Morgan fingerprint density at radius 2 is 1.96 bits per heavy atom. The number of thioether (sulfide) groups is 1. The van der Waals surface area contributed by atoms with Crippen LogP contribution in [0.2, 0.25) is 0 Å². The average molecular weight is 325 g/mol. The molecule has 0 aliphatic heterocycles. The van der Waals surface area contributed by atoms with E-state index in [2.05, 4.69) is 18.3 Å². The van der Waals surface area contributed by atoms with Crippen molar-refractivity contribution in [3.05, 3.63) is 59.4 Å². The van der Waals surface area contributed by atoms with Crippen molar-refractivity contribution in [2.24, 2.45) is 0 Å². The number of aryl methyl sites for hydroxylation is 2. The van der Waals surface area contributed by atoms with Gasteiger partial charge >= 0.3 is 0 Å². The van der Waals surface area contributed by atoms with Gasteiger partial charge in [-0.05, 0) is 43.4 Å². The normalized spacial score (nSPS) is 10.9. The Balaban J connectivity index is 1.82. The van der Waals surface area contributed by atoms with Gasteiger partial charge in [-0.25, -0.2) is 0 Å². The van der Waals surface area contributed by atoms with E-state index in [4.69, 9.17) is 4.42 Å². The highest BCUT2D eigenvalue weighted by Gasteiger charge is 2.13. The molecule has 3 rings (SSSR count). The van der Waals surface area contributed by atoms with Crippen molar-refractivity contribution in [1.29, 1.82) is 0 Å². The van der Waals surface area contributed by atoms with Crippen LogP contribution in [0.1, 0.15) is 16.7 Å². The summed E-state index contributed by atoms with van der Waals surface area (Å²) in [5.41, 5.74) is 4.96. The van der Waals surface area contributed by atoms with Gasteiger partial charge in [0.1, 0.15) is 5.58 Å². The van der Waals surface area contributed by atoms with Gasteiger partial charge in [0.2, 0.25) is 5.91 Å². The smallest absolute Gasteiger partial charge is 0.228 e. The van der Waals surface area contributed by atoms with Crippen molar-refractivity contribution < 1.29 is 9.21 Å². The maximum atomic E-state index is 12.4. The minimum atomic E-state index is -0.0348. The van der Waals surface area contributed by atoms with E-state index in [0.29, 0.717) is 6.42 Å².